The quantitative estimate of drug-likeness (QED) is 0.655. The molecule has 84 valence electrons. The molecular weight excluding hydrogens is 238 g/mol. The Kier molecular flexibility index (Phi) is 4.34. The maximum atomic E-state index is 13.2. The zero-order valence-corrected chi connectivity index (χ0v) is 10.3. The van der Waals surface area contributed by atoms with Crippen LogP contribution >= 0.6 is 23.2 Å². The van der Waals surface area contributed by atoms with E-state index in [0.717, 1.165) is 0 Å². The Bertz CT molecular complexity index is 356. The van der Waals surface area contributed by atoms with Gasteiger partial charge < -0.3 is 0 Å². The fourth-order valence-corrected chi connectivity index (χ4v) is 1.87. The molecule has 1 unspecified atom stereocenters. The molecule has 0 aliphatic rings. The minimum Gasteiger partial charge on any atom is -0.250 e. The van der Waals surface area contributed by atoms with Crippen LogP contribution in [0.25, 0.3) is 0 Å². The molecule has 1 N–H and O–H groups in total. The molecule has 5 heteroatoms. The number of hydrogen-bond donors (Lipinski definition) is 1. The molecule has 1 atom stereocenters. The molecule has 0 aliphatic carbocycles. The van der Waals surface area contributed by atoms with Crippen molar-refractivity contribution >= 4 is 23.2 Å². The monoisotopic (exact) mass is 250 g/mol. The lowest BCUT2D eigenvalue weighted by molar-refractivity contribution is 0.252. The Labute approximate surface area is 98.9 Å². The lowest BCUT2D eigenvalue weighted by atomic mass is 10.1. The summed E-state index contributed by atoms with van der Waals surface area (Å²) in [7, 11) is 3.72. The minimum atomic E-state index is -0.455. The summed E-state index contributed by atoms with van der Waals surface area (Å²) in [4.78, 5) is 0. The van der Waals surface area contributed by atoms with Crippen LogP contribution in [0, 0.1) is 5.82 Å². The van der Waals surface area contributed by atoms with Crippen molar-refractivity contribution < 1.29 is 4.39 Å². The molecule has 1 aromatic carbocycles. The van der Waals surface area contributed by atoms with Crippen molar-refractivity contribution in [1.29, 1.82) is 0 Å². The van der Waals surface area contributed by atoms with Crippen LogP contribution < -0.4 is 5.43 Å². The summed E-state index contributed by atoms with van der Waals surface area (Å²) in [5.74, 6) is -0.455. The molecule has 0 saturated heterocycles. The molecule has 0 spiro atoms. The minimum absolute atomic E-state index is 0.0424. The van der Waals surface area contributed by atoms with Gasteiger partial charge in [0.25, 0.3) is 0 Å². The van der Waals surface area contributed by atoms with Crippen LogP contribution in [0.5, 0.6) is 0 Å². The van der Waals surface area contributed by atoms with Crippen LogP contribution in [0.2, 0.25) is 10.0 Å². The van der Waals surface area contributed by atoms with Gasteiger partial charge in [0.15, 0.2) is 0 Å². The molecule has 15 heavy (non-hydrogen) atoms. The third kappa shape index (κ3) is 3.31. The van der Waals surface area contributed by atoms with Crippen molar-refractivity contribution in [3.8, 4) is 0 Å². The van der Waals surface area contributed by atoms with Gasteiger partial charge in [-0.3, -0.25) is 5.01 Å². The lowest BCUT2D eigenvalue weighted by Crippen LogP contribution is -2.32. The number of hydrazine groups is 1. The smallest absolute Gasteiger partial charge is 0.142 e. The van der Waals surface area contributed by atoms with Gasteiger partial charge in [0.05, 0.1) is 5.02 Å². The molecular formula is C10H13Cl2FN2. The summed E-state index contributed by atoms with van der Waals surface area (Å²) in [6.45, 7) is 1.90. The summed E-state index contributed by atoms with van der Waals surface area (Å²) in [5.41, 5.74) is 3.77. The predicted octanol–water partition coefficient (Wildman–Crippen LogP) is 3.26. The van der Waals surface area contributed by atoms with Gasteiger partial charge in [0.1, 0.15) is 5.82 Å². The number of nitrogens with one attached hydrogen (secondary N) is 1. The first-order chi connectivity index (χ1) is 6.91. The third-order valence-electron chi connectivity index (χ3n) is 1.96. The molecule has 1 aromatic rings. The van der Waals surface area contributed by atoms with E-state index in [2.05, 4.69) is 5.43 Å². The van der Waals surface area contributed by atoms with Gasteiger partial charge in [-0.05, 0) is 24.6 Å². The first-order valence-corrected chi connectivity index (χ1v) is 5.25. The molecule has 0 saturated carbocycles. The zero-order valence-electron chi connectivity index (χ0n) is 8.81. The second-order valence-electron chi connectivity index (χ2n) is 3.53. The number of benzene rings is 1. The van der Waals surface area contributed by atoms with Crippen LogP contribution in [-0.2, 0) is 0 Å². The van der Waals surface area contributed by atoms with Gasteiger partial charge in [-0.2, -0.15) is 0 Å². The van der Waals surface area contributed by atoms with Gasteiger partial charge in [-0.15, -0.1) is 0 Å². The van der Waals surface area contributed by atoms with Gasteiger partial charge >= 0.3 is 0 Å². The molecule has 1 rings (SSSR count). The van der Waals surface area contributed by atoms with E-state index in [4.69, 9.17) is 23.2 Å². The van der Waals surface area contributed by atoms with Gasteiger partial charge in [0.2, 0.25) is 0 Å². The van der Waals surface area contributed by atoms with E-state index in [0.29, 0.717) is 10.6 Å². The van der Waals surface area contributed by atoms with Crippen molar-refractivity contribution in [3.05, 3.63) is 33.6 Å². The Morgan fingerprint density at radius 2 is 1.87 bits per heavy atom. The number of nitrogens with zero attached hydrogens (tertiary/aromatic N) is 1. The molecule has 0 bridgehead atoms. The van der Waals surface area contributed by atoms with Crippen LogP contribution in [0.3, 0.4) is 0 Å². The summed E-state index contributed by atoms with van der Waals surface area (Å²) in [6, 6.07) is 2.70. The maximum absolute atomic E-state index is 13.2. The highest BCUT2D eigenvalue weighted by atomic mass is 35.5. The van der Waals surface area contributed by atoms with E-state index in [1.807, 2.05) is 21.0 Å². The van der Waals surface area contributed by atoms with Gasteiger partial charge in [-0.1, -0.05) is 23.2 Å². The molecule has 0 fully saturated rings. The Morgan fingerprint density at radius 3 is 2.40 bits per heavy atom. The molecule has 0 amide bonds. The van der Waals surface area contributed by atoms with E-state index in [1.54, 1.807) is 5.01 Å². The first kappa shape index (κ1) is 12.7. The van der Waals surface area contributed by atoms with Crippen molar-refractivity contribution in [3.63, 3.8) is 0 Å². The Morgan fingerprint density at radius 1 is 1.27 bits per heavy atom. The summed E-state index contributed by atoms with van der Waals surface area (Å²) in [5, 5.41) is 2.29. The van der Waals surface area contributed by atoms with Gasteiger partial charge in [-0.25, -0.2) is 9.82 Å². The summed E-state index contributed by atoms with van der Waals surface area (Å²) in [6.07, 6.45) is 0. The zero-order chi connectivity index (χ0) is 11.6. The normalized spacial score (nSPS) is 13.3. The fourth-order valence-electron chi connectivity index (χ4n) is 1.33. The molecule has 0 heterocycles. The first-order valence-electron chi connectivity index (χ1n) is 4.49. The van der Waals surface area contributed by atoms with Crippen LogP contribution in [0.4, 0.5) is 4.39 Å². The Balaban J connectivity index is 2.98. The largest absolute Gasteiger partial charge is 0.250 e. The number of halogens is 3. The second kappa shape index (κ2) is 5.12. The lowest BCUT2D eigenvalue weighted by Gasteiger charge is -2.20. The second-order valence-corrected chi connectivity index (χ2v) is 4.35. The highest BCUT2D eigenvalue weighted by molar-refractivity contribution is 6.35. The van der Waals surface area contributed by atoms with Crippen LogP contribution in [0.15, 0.2) is 12.1 Å². The van der Waals surface area contributed by atoms with E-state index in [-0.39, 0.29) is 11.1 Å². The van der Waals surface area contributed by atoms with Crippen LogP contribution in [0.1, 0.15) is 18.5 Å². The third-order valence-corrected chi connectivity index (χ3v) is 2.57. The summed E-state index contributed by atoms with van der Waals surface area (Å²) < 4.78 is 13.2. The molecule has 2 nitrogen and oxygen atoms in total. The molecule has 0 radical (unpaired) electrons. The number of rotatable bonds is 3. The van der Waals surface area contributed by atoms with Crippen molar-refractivity contribution in [2.75, 3.05) is 14.1 Å². The highest BCUT2D eigenvalue weighted by Crippen LogP contribution is 2.28. The maximum Gasteiger partial charge on any atom is 0.142 e. The van der Waals surface area contributed by atoms with Gasteiger partial charge in [0, 0.05) is 25.2 Å². The highest BCUT2D eigenvalue weighted by Gasteiger charge is 2.13. The topological polar surface area (TPSA) is 15.3 Å². The predicted molar refractivity (Wildman–Crippen MR) is 61.7 cm³/mol. The summed E-state index contributed by atoms with van der Waals surface area (Å²) >= 11 is 11.6. The van der Waals surface area contributed by atoms with Crippen molar-refractivity contribution in [2.24, 2.45) is 0 Å². The fraction of sp³-hybridized carbons (Fsp3) is 0.400. The molecule has 0 aromatic heterocycles. The molecule has 0 aliphatic heterocycles. The number of hydrogen-bond acceptors (Lipinski definition) is 2. The average molecular weight is 251 g/mol. The van der Waals surface area contributed by atoms with E-state index >= 15 is 0 Å². The van der Waals surface area contributed by atoms with E-state index in [1.165, 1.54) is 12.1 Å². The Hall–Kier alpha value is -0.350. The van der Waals surface area contributed by atoms with Crippen LogP contribution in [-0.4, -0.2) is 19.1 Å². The SMILES string of the molecule is CC(NN(C)C)c1cc(F)c(Cl)cc1Cl. The van der Waals surface area contributed by atoms with Crippen molar-refractivity contribution in [2.45, 2.75) is 13.0 Å². The van der Waals surface area contributed by atoms with Crippen molar-refractivity contribution in [1.82, 2.24) is 10.4 Å². The van der Waals surface area contributed by atoms with E-state index in [9.17, 15) is 4.39 Å². The standard InChI is InChI=1S/C10H13Cl2FN2/c1-6(14-15(2)3)7-4-10(13)9(12)5-8(7)11/h4-6,14H,1-3H3. The average Bonchev–Trinajstić information content (AvgIpc) is 2.09. The van der Waals surface area contributed by atoms with E-state index < -0.39 is 5.82 Å².